The standard InChI is InChI=1S/C12H11ClO2/c1-14-10-7-8-5-3-4-6-9(8)11(13)12(10)15-2/h3-7H,1-2H3. The highest BCUT2D eigenvalue weighted by atomic mass is 35.5. The topological polar surface area (TPSA) is 18.5 Å². The summed E-state index contributed by atoms with van der Waals surface area (Å²) >= 11 is 6.22. The molecule has 0 aromatic heterocycles. The van der Waals surface area contributed by atoms with Gasteiger partial charge in [0, 0.05) is 5.39 Å². The minimum atomic E-state index is 0.581. The van der Waals surface area contributed by atoms with Gasteiger partial charge in [0.1, 0.15) is 0 Å². The predicted octanol–water partition coefficient (Wildman–Crippen LogP) is 3.51. The summed E-state index contributed by atoms with van der Waals surface area (Å²) in [7, 11) is 3.18. The molecule has 0 N–H and O–H groups in total. The molecule has 15 heavy (non-hydrogen) atoms. The first-order valence-corrected chi connectivity index (χ1v) is 4.95. The van der Waals surface area contributed by atoms with Gasteiger partial charge in [0.25, 0.3) is 0 Å². The number of rotatable bonds is 2. The van der Waals surface area contributed by atoms with Crippen molar-refractivity contribution in [2.45, 2.75) is 0 Å². The molecule has 2 aromatic rings. The van der Waals surface area contributed by atoms with Gasteiger partial charge in [-0.3, -0.25) is 0 Å². The molecule has 0 saturated carbocycles. The lowest BCUT2D eigenvalue weighted by Gasteiger charge is -2.11. The number of benzene rings is 2. The third-order valence-corrected chi connectivity index (χ3v) is 2.71. The molecule has 2 rings (SSSR count). The van der Waals surface area contributed by atoms with Gasteiger partial charge in [0.2, 0.25) is 0 Å². The van der Waals surface area contributed by atoms with E-state index in [9.17, 15) is 0 Å². The Morgan fingerprint density at radius 3 is 2.47 bits per heavy atom. The van der Waals surface area contributed by atoms with Crippen molar-refractivity contribution in [3.8, 4) is 11.5 Å². The number of fused-ring (bicyclic) bond motifs is 1. The maximum atomic E-state index is 6.22. The molecule has 2 nitrogen and oxygen atoms in total. The van der Waals surface area contributed by atoms with Crippen LogP contribution in [0.2, 0.25) is 5.02 Å². The van der Waals surface area contributed by atoms with Gasteiger partial charge >= 0.3 is 0 Å². The van der Waals surface area contributed by atoms with Crippen molar-refractivity contribution in [1.29, 1.82) is 0 Å². The Kier molecular flexibility index (Phi) is 2.69. The minimum Gasteiger partial charge on any atom is -0.493 e. The molecular weight excluding hydrogens is 212 g/mol. The van der Waals surface area contributed by atoms with Gasteiger partial charge < -0.3 is 9.47 Å². The molecule has 3 heteroatoms. The first-order valence-electron chi connectivity index (χ1n) is 4.57. The maximum Gasteiger partial charge on any atom is 0.180 e. The van der Waals surface area contributed by atoms with Crippen LogP contribution in [0.25, 0.3) is 10.8 Å². The molecule has 78 valence electrons. The van der Waals surface area contributed by atoms with Crippen molar-refractivity contribution < 1.29 is 9.47 Å². The Bertz CT molecular complexity index is 494. The number of ether oxygens (including phenoxy) is 2. The van der Waals surface area contributed by atoms with Crippen LogP contribution in [0.3, 0.4) is 0 Å². The molecule has 0 fully saturated rings. The van der Waals surface area contributed by atoms with Crippen molar-refractivity contribution in [2.75, 3.05) is 14.2 Å². The monoisotopic (exact) mass is 222 g/mol. The van der Waals surface area contributed by atoms with E-state index in [-0.39, 0.29) is 0 Å². The minimum absolute atomic E-state index is 0.581. The fourth-order valence-electron chi connectivity index (χ4n) is 1.60. The van der Waals surface area contributed by atoms with Crippen molar-refractivity contribution in [1.82, 2.24) is 0 Å². The normalized spacial score (nSPS) is 10.3. The summed E-state index contributed by atoms with van der Waals surface area (Å²) in [6.07, 6.45) is 0. The van der Waals surface area contributed by atoms with Crippen molar-refractivity contribution in [2.24, 2.45) is 0 Å². The Morgan fingerprint density at radius 1 is 1.07 bits per heavy atom. The van der Waals surface area contributed by atoms with Gasteiger partial charge in [0.15, 0.2) is 11.5 Å². The molecule has 0 aliphatic carbocycles. The van der Waals surface area contributed by atoms with Gasteiger partial charge in [-0.15, -0.1) is 0 Å². The van der Waals surface area contributed by atoms with Crippen LogP contribution in [0.4, 0.5) is 0 Å². The zero-order valence-corrected chi connectivity index (χ0v) is 9.34. The van der Waals surface area contributed by atoms with Crippen LogP contribution in [0.15, 0.2) is 30.3 Å². The largest absolute Gasteiger partial charge is 0.493 e. The highest BCUT2D eigenvalue weighted by Crippen LogP contribution is 2.40. The van der Waals surface area contributed by atoms with Gasteiger partial charge in [-0.05, 0) is 11.5 Å². The Hall–Kier alpha value is -1.41. The van der Waals surface area contributed by atoms with E-state index < -0.39 is 0 Å². The molecule has 0 aliphatic heterocycles. The zero-order chi connectivity index (χ0) is 10.8. The van der Waals surface area contributed by atoms with E-state index >= 15 is 0 Å². The maximum absolute atomic E-state index is 6.22. The summed E-state index contributed by atoms with van der Waals surface area (Å²) in [6.45, 7) is 0. The molecular formula is C12H11ClO2. The fraction of sp³-hybridized carbons (Fsp3) is 0.167. The zero-order valence-electron chi connectivity index (χ0n) is 8.58. The molecule has 0 heterocycles. The Morgan fingerprint density at radius 2 is 1.80 bits per heavy atom. The molecule has 0 amide bonds. The molecule has 2 aromatic carbocycles. The molecule has 0 saturated heterocycles. The van der Waals surface area contributed by atoms with E-state index in [4.69, 9.17) is 21.1 Å². The summed E-state index contributed by atoms with van der Waals surface area (Å²) in [6, 6.07) is 9.77. The van der Waals surface area contributed by atoms with Gasteiger partial charge in [-0.25, -0.2) is 0 Å². The number of hydrogen-bond donors (Lipinski definition) is 0. The summed E-state index contributed by atoms with van der Waals surface area (Å²) in [5.41, 5.74) is 0. The van der Waals surface area contributed by atoms with Crippen LogP contribution in [-0.2, 0) is 0 Å². The highest BCUT2D eigenvalue weighted by molar-refractivity contribution is 6.37. The van der Waals surface area contributed by atoms with Crippen molar-refractivity contribution >= 4 is 22.4 Å². The third-order valence-electron chi connectivity index (χ3n) is 2.33. The van der Waals surface area contributed by atoms with Gasteiger partial charge in [0.05, 0.1) is 19.2 Å². The molecule has 0 bridgehead atoms. The second-order valence-electron chi connectivity index (χ2n) is 3.15. The first-order chi connectivity index (χ1) is 7.27. The molecule has 0 spiro atoms. The summed E-state index contributed by atoms with van der Waals surface area (Å²) in [5.74, 6) is 1.24. The lowest BCUT2D eigenvalue weighted by Crippen LogP contribution is -1.91. The third kappa shape index (κ3) is 1.61. The summed E-state index contributed by atoms with van der Waals surface area (Å²) < 4.78 is 10.4. The van der Waals surface area contributed by atoms with E-state index in [0.717, 1.165) is 10.8 Å². The summed E-state index contributed by atoms with van der Waals surface area (Å²) in [4.78, 5) is 0. The Labute approximate surface area is 93.4 Å². The van der Waals surface area contributed by atoms with Crippen LogP contribution >= 0.6 is 11.6 Å². The van der Waals surface area contributed by atoms with E-state index in [2.05, 4.69) is 0 Å². The SMILES string of the molecule is COc1cc2ccccc2c(Cl)c1OC. The van der Waals surface area contributed by atoms with Gasteiger partial charge in [-0.1, -0.05) is 35.9 Å². The molecule has 0 unspecified atom stereocenters. The predicted molar refractivity (Wildman–Crippen MR) is 62.1 cm³/mol. The average molecular weight is 223 g/mol. The van der Waals surface area contributed by atoms with E-state index in [1.807, 2.05) is 30.3 Å². The number of methoxy groups -OCH3 is 2. The fourth-order valence-corrected chi connectivity index (χ4v) is 1.94. The van der Waals surface area contributed by atoms with E-state index in [1.54, 1.807) is 14.2 Å². The van der Waals surface area contributed by atoms with E-state index in [0.29, 0.717) is 16.5 Å². The molecule has 0 radical (unpaired) electrons. The van der Waals surface area contributed by atoms with E-state index in [1.165, 1.54) is 0 Å². The number of halogens is 1. The number of hydrogen-bond acceptors (Lipinski definition) is 2. The van der Waals surface area contributed by atoms with Crippen LogP contribution in [0.1, 0.15) is 0 Å². The first kappa shape index (κ1) is 10.1. The average Bonchev–Trinajstić information content (AvgIpc) is 2.29. The van der Waals surface area contributed by atoms with Crippen LogP contribution in [-0.4, -0.2) is 14.2 Å². The highest BCUT2D eigenvalue weighted by Gasteiger charge is 2.12. The van der Waals surface area contributed by atoms with Crippen LogP contribution in [0, 0.1) is 0 Å². The second-order valence-corrected chi connectivity index (χ2v) is 3.53. The quantitative estimate of drug-likeness (QED) is 0.774. The van der Waals surface area contributed by atoms with Crippen LogP contribution in [0.5, 0.6) is 11.5 Å². The van der Waals surface area contributed by atoms with Crippen LogP contribution < -0.4 is 9.47 Å². The lowest BCUT2D eigenvalue weighted by atomic mass is 10.1. The molecule has 0 atom stereocenters. The lowest BCUT2D eigenvalue weighted by molar-refractivity contribution is 0.356. The summed E-state index contributed by atoms with van der Waals surface area (Å²) in [5, 5.41) is 2.60. The molecule has 0 aliphatic rings. The Balaban J connectivity index is 2.81. The van der Waals surface area contributed by atoms with Crippen molar-refractivity contribution in [3.63, 3.8) is 0 Å². The van der Waals surface area contributed by atoms with Crippen molar-refractivity contribution in [3.05, 3.63) is 35.4 Å². The smallest absolute Gasteiger partial charge is 0.180 e. The second kappa shape index (κ2) is 3.99. The van der Waals surface area contributed by atoms with Gasteiger partial charge in [-0.2, -0.15) is 0 Å².